The quantitative estimate of drug-likeness (QED) is 0.841. The summed E-state index contributed by atoms with van der Waals surface area (Å²) in [5.41, 5.74) is 7.89. The highest BCUT2D eigenvalue weighted by molar-refractivity contribution is 7.98. The molecule has 0 radical (unpaired) electrons. The Morgan fingerprint density at radius 2 is 1.71 bits per heavy atom. The van der Waals surface area contributed by atoms with Crippen molar-refractivity contribution in [2.24, 2.45) is 5.73 Å². The monoisotopic (exact) mass is 263 g/mol. The fourth-order valence-electron chi connectivity index (χ4n) is 1.50. The molecule has 0 saturated heterocycles. The van der Waals surface area contributed by atoms with Crippen LogP contribution in [0.15, 0.2) is 53.4 Å². The third-order valence-electron chi connectivity index (χ3n) is 2.51. The van der Waals surface area contributed by atoms with Crippen LogP contribution in [0, 0.1) is 0 Å². The summed E-state index contributed by atoms with van der Waals surface area (Å²) in [6.07, 6.45) is 0. The van der Waals surface area contributed by atoms with Crippen molar-refractivity contribution in [3.8, 4) is 0 Å². The first-order valence-corrected chi connectivity index (χ1v) is 6.81. The second-order valence-corrected chi connectivity index (χ2v) is 5.18. The first kappa shape index (κ1) is 12.5. The zero-order chi connectivity index (χ0) is 12.1. The van der Waals surface area contributed by atoms with Gasteiger partial charge in [-0.25, -0.2) is 0 Å². The Morgan fingerprint density at radius 3 is 2.35 bits per heavy atom. The Labute approximate surface area is 111 Å². The van der Waals surface area contributed by atoms with E-state index >= 15 is 0 Å². The maximum absolute atomic E-state index is 6.11. The van der Waals surface area contributed by atoms with Crippen molar-refractivity contribution in [3.63, 3.8) is 0 Å². The van der Waals surface area contributed by atoms with Crippen molar-refractivity contribution < 1.29 is 0 Å². The van der Waals surface area contributed by atoms with E-state index in [9.17, 15) is 0 Å². The molecule has 0 fully saturated rings. The molecule has 0 saturated carbocycles. The lowest BCUT2D eigenvalue weighted by Gasteiger charge is -2.04. The van der Waals surface area contributed by atoms with E-state index in [1.807, 2.05) is 18.2 Å². The first-order valence-electron chi connectivity index (χ1n) is 5.45. The Kier molecular flexibility index (Phi) is 4.49. The van der Waals surface area contributed by atoms with Gasteiger partial charge in [0.05, 0.1) is 0 Å². The highest BCUT2D eigenvalue weighted by Gasteiger charge is 2.00. The molecule has 2 aromatic rings. The van der Waals surface area contributed by atoms with Gasteiger partial charge in [0.15, 0.2) is 0 Å². The molecular weight excluding hydrogens is 250 g/mol. The molecular formula is C14H14ClNS. The Hall–Kier alpha value is -0.960. The zero-order valence-electron chi connectivity index (χ0n) is 9.40. The summed E-state index contributed by atoms with van der Waals surface area (Å²) in [5, 5.41) is 0.832. The molecule has 1 nitrogen and oxygen atoms in total. The maximum Gasteiger partial charge on any atom is 0.0446 e. The minimum atomic E-state index is 0.593. The van der Waals surface area contributed by atoms with E-state index in [0.717, 1.165) is 16.3 Å². The summed E-state index contributed by atoms with van der Waals surface area (Å²) in [6, 6.07) is 16.3. The molecule has 2 N–H and O–H groups in total. The van der Waals surface area contributed by atoms with Crippen LogP contribution in [0.4, 0.5) is 0 Å². The van der Waals surface area contributed by atoms with E-state index in [1.54, 1.807) is 11.8 Å². The van der Waals surface area contributed by atoms with Gasteiger partial charge in [0.2, 0.25) is 0 Å². The molecule has 0 heterocycles. The number of rotatable bonds is 4. The predicted molar refractivity (Wildman–Crippen MR) is 75.3 cm³/mol. The number of benzene rings is 2. The van der Waals surface area contributed by atoms with Gasteiger partial charge in [-0.3, -0.25) is 0 Å². The second kappa shape index (κ2) is 6.10. The van der Waals surface area contributed by atoms with Crippen LogP contribution in [0.1, 0.15) is 11.1 Å². The SMILES string of the molecule is NCc1ccc(SCc2ccccc2Cl)cc1. The molecule has 0 aromatic heterocycles. The Balaban J connectivity index is 2.00. The molecule has 0 aliphatic rings. The van der Waals surface area contributed by atoms with Crippen LogP contribution in [-0.2, 0) is 12.3 Å². The number of thioether (sulfide) groups is 1. The summed E-state index contributed by atoms with van der Waals surface area (Å²) in [4.78, 5) is 1.24. The molecule has 3 heteroatoms. The van der Waals surface area contributed by atoms with Crippen LogP contribution in [0.2, 0.25) is 5.02 Å². The standard InChI is InChI=1S/C14H14ClNS/c15-14-4-2-1-3-12(14)10-17-13-7-5-11(9-16)6-8-13/h1-8H,9-10,16H2. The summed E-state index contributed by atoms with van der Waals surface area (Å²) in [6.45, 7) is 0.593. The van der Waals surface area contributed by atoms with Crippen molar-refractivity contribution in [2.45, 2.75) is 17.2 Å². The number of hydrogen-bond acceptors (Lipinski definition) is 2. The largest absolute Gasteiger partial charge is 0.326 e. The van der Waals surface area contributed by atoms with Gasteiger partial charge >= 0.3 is 0 Å². The smallest absolute Gasteiger partial charge is 0.0446 e. The van der Waals surface area contributed by atoms with E-state index in [-0.39, 0.29) is 0 Å². The van der Waals surface area contributed by atoms with Crippen LogP contribution in [0.5, 0.6) is 0 Å². The van der Waals surface area contributed by atoms with Gasteiger partial charge in [0.25, 0.3) is 0 Å². The average molecular weight is 264 g/mol. The van der Waals surface area contributed by atoms with Crippen molar-refractivity contribution >= 4 is 23.4 Å². The molecule has 17 heavy (non-hydrogen) atoms. The molecule has 0 aliphatic heterocycles. The van der Waals surface area contributed by atoms with Crippen LogP contribution >= 0.6 is 23.4 Å². The molecule has 2 aromatic carbocycles. The minimum absolute atomic E-state index is 0.593. The molecule has 0 amide bonds. The molecule has 0 atom stereocenters. The van der Waals surface area contributed by atoms with Gasteiger partial charge in [-0.1, -0.05) is 41.9 Å². The van der Waals surface area contributed by atoms with E-state index < -0.39 is 0 Å². The van der Waals surface area contributed by atoms with Crippen LogP contribution in [0.25, 0.3) is 0 Å². The Morgan fingerprint density at radius 1 is 1.00 bits per heavy atom. The fraction of sp³-hybridized carbons (Fsp3) is 0.143. The van der Waals surface area contributed by atoms with Gasteiger partial charge < -0.3 is 5.73 Å². The van der Waals surface area contributed by atoms with Gasteiger partial charge in [-0.2, -0.15) is 0 Å². The summed E-state index contributed by atoms with van der Waals surface area (Å²) >= 11 is 7.89. The minimum Gasteiger partial charge on any atom is -0.326 e. The average Bonchev–Trinajstić information content (AvgIpc) is 2.38. The number of nitrogens with two attached hydrogens (primary N) is 1. The highest BCUT2D eigenvalue weighted by atomic mass is 35.5. The molecule has 88 valence electrons. The predicted octanol–water partition coefficient (Wildman–Crippen LogP) is 4.09. The number of halogens is 1. The summed E-state index contributed by atoms with van der Waals surface area (Å²) < 4.78 is 0. The summed E-state index contributed by atoms with van der Waals surface area (Å²) in [7, 11) is 0. The van der Waals surface area contributed by atoms with Crippen LogP contribution in [-0.4, -0.2) is 0 Å². The lowest BCUT2D eigenvalue weighted by molar-refractivity contribution is 1.07. The third-order valence-corrected chi connectivity index (χ3v) is 3.94. The topological polar surface area (TPSA) is 26.0 Å². The van der Waals surface area contributed by atoms with E-state index in [1.165, 1.54) is 10.5 Å². The van der Waals surface area contributed by atoms with Crippen LogP contribution < -0.4 is 5.73 Å². The van der Waals surface area contributed by atoms with Gasteiger partial charge in [-0.15, -0.1) is 11.8 Å². The molecule has 0 unspecified atom stereocenters. The van der Waals surface area contributed by atoms with Crippen LogP contribution in [0.3, 0.4) is 0 Å². The first-order chi connectivity index (χ1) is 8.29. The molecule has 0 aliphatic carbocycles. The van der Waals surface area contributed by atoms with Gasteiger partial charge in [0, 0.05) is 22.2 Å². The highest BCUT2D eigenvalue weighted by Crippen LogP contribution is 2.26. The van der Waals surface area contributed by atoms with Crippen molar-refractivity contribution in [3.05, 3.63) is 64.7 Å². The van der Waals surface area contributed by atoms with Gasteiger partial charge in [0.1, 0.15) is 0 Å². The lowest BCUT2D eigenvalue weighted by Crippen LogP contribution is -1.94. The van der Waals surface area contributed by atoms with Crippen molar-refractivity contribution in [1.29, 1.82) is 0 Å². The fourth-order valence-corrected chi connectivity index (χ4v) is 2.68. The van der Waals surface area contributed by atoms with Gasteiger partial charge in [-0.05, 0) is 29.3 Å². The van der Waals surface area contributed by atoms with E-state index in [4.69, 9.17) is 17.3 Å². The normalized spacial score (nSPS) is 10.5. The van der Waals surface area contributed by atoms with E-state index in [2.05, 4.69) is 30.3 Å². The zero-order valence-corrected chi connectivity index (χ0v) is 11.0. The third kappa shape index (κ3) is 3.50. The Bertz CT molecular complexity index is 482. The molecule has 0 spiro atoms. The molecule has 0 bridgehead atoms. The van der Waals surface area contributed by atoms with Crippen molar-refractivity contribution in [1.82, 2.24) is 0 Å². The summed E-state index contributed by atoms with van der Waals surface area (Å²) in [5.74, 6) is 0.891. The van der Waals surface area contributed by atoms with E-state index in [0.29, 0.717) is 6.54 Å². The van der Waals surface area contributed by atoms with Crippen molar-refractivity contribution in [2.75, 3.05) is 0 Å². The second-order valence-electron chi connectivity index (χ2n) is 3.73. The number of hydrogen-bond donors (Lipinski definition) is 1. The molecule has 2 rings (SSSR count). The maximum atomic E-state index is 6.11. The lowest BCUT2D eigenvalue weighted by atomic mass is 10.2.